The van der Waals surface area contributed by atoms with Gasteiger partial charge < -0.3 is 10.1 Å². The zero-order valence-electron chi connectivity index (χ0n) is 13.7. The molecule has 0 saturated heterocycles. The van der Waals surface area contributed by atoms with Crippen molar-refractivity contribution in [3.05, 3.63) is 30.0 Å². The largest absolute Gasteiger partial charge is 0.496 e. The Morgan fingerprint density at radius 3 is 2.83 bits per heavy atom. The van der Waals surface area contributed by atoms with E-state index in [0.717, 1.165) is 60.5 Å². The number of nitrogens with one attached hydrogen (secondary N) is 2. The number of hydrogen-bond donors (Lipinski definition) is 2. The number of aromatic amines is 1. The van der Waals surface area contributed by atoms with Gasteiger partial charge in [0.1, 0.15) is 11.4 Å². The van der Waals surface area contributed by atoms with Crippen LogP contribution in [0.15, 0.2) is 24.3 Å². The van der Waals surface area contributed by atoms with Gasteiger partial charge in [0.05, 0.1) is 18.5 Å². The summed E-state index contributed by atoms with van der Waals surface area (Å²) in [5.74, 6) is 0.997. The number of methoxy groups -OCH3 is 1. The van der Waals surface area contributed by atoms with Crippen molar-refractivity contribution in [2.24, 2.45) is 5.92 Å². The third-order valence-corrected chi connectivity index (χ3v) is 4.43. The number of nitrogens with zero attached hydrogens (tertiary/aromatic N) is 1. The van der Waals surface area contributed by atoms with Crippen LogP contribution in [0.4, 0.5) is 5.69 Å². The van der Waals surface area contributed by atoms with Crippen LogP contribution in [-0.4, -0.2) is 23.2 Å². The molecule has 122 valence electrons. The Balaban J connectivity index is 1.97. The molecule has 0 unspecified atom stereocenters. The second kappa shape index (κ2) is 6.86. The van der Waals surface area contributed by atoms with E-state index in [4.69, 9.17) is 4.74 Å². The van der Waals surface area contributed by atoms with Gasteiger partial charge in [-0.15, -0.1) is 0 Å². The summed E-state index contributed by atoms with van der Waals surface area (Å²) in [5.41, 5.74) is 3.41. The Morgan fingerprint density at radius 2 is 2.17 bits per heavy atom. The van der Waals surface area contributed by atoms with Crippen LogP contribution in [-0.2, 0) is 11.2 Å². The molecule has 1 amide bonds. The Hall–Kier alpha value is -2.30. The zero-order chi connectivity index (χ0) is 16.2. The van der Waals surface area contributed by atoms with Crippen molar-refractivity contribution in [1.29, 1.82) is 0 Å². The van der Waals surface area contributed by atoms with Crippen LogP contribution >= 0.6 is 0 Å². The molecule has 1 aromatic heterocycles. The molecule has 1 aromatic carbocycles. The fourth-order valence-corrected chi connectivity index (χ4v) is 2.87. The van der Waals surface area contributed by atoms with Crippen LogP contribution in [0, 0.1) is 5.92 Å². The monoisotopic (exact) mass is 313 g/mol. The molecule has 23 heavy (non-hydrogen) atoms. The van der Waals surface area contributed by atoms with Gasteiger partial charge in [-0.3, -0.25) is 9.89 Å². The first-order valence-electron chi connectivity index (χ1n) is 8.26. The number of carbonyl (C=O) groups excluding carboxylic acids is 1. The molecule has 0 radical (unpaired) electrons. The average molecular weight is 313 g/mol. The molecular formula is C18H23N3O2. The van der Waals surface area contributed by atoms with E-state index in [2.05, 4.69) is 22.4 Å². The van der Waals surface area contributed by atoms with E-state index in [-0.39, 0.29) is 11.8 Å². The lowest BCUT2D eigenvalue weighted by atomic mass is 9.84. The van der Waals surface area contributed by atoms with Crippen molar-refractivity contribution in [2.75, 3.05) is 12.4 Å². The van der Waals surface area contributed by atoms with Crippen LogP contribution in [0.25, 0.3) is 11.3 Å². The maximum Gasteiger partial charge on any atom is 0.227 e. The number of aryl methyl sites for hydroxylation is 1. The Morgan fingerprint density at radius 1 is 1.39 bits per heavy atom. The summed E-state index contributed by atoms with van der Waals surface area (Å²) < 4.78 is 5.44. The second-order valence-electron chi connectivity index (χ2n) is 5.99. The summed E-state index contributed by atoms with van der Waals surface area (Å²) in [7, 11) is 1.64. The highest BCUT2D eigenvalue weighted by molar-refractivity contribution is 5.97. The minimum absolute atomic E-state index is 0.103. The van der Waals surface area contributed by atoms with Gasteiger partial charge in [-0.1, -0.05) is 31.9 Å². The molecule has 3 rings (SSSR count). The summed E-state index contributed by atoms with van der Waals surface area (Å²) in [6.45, 7) is 2.11. The molecule has 1 saturated carbocycles. The molecule has 0 spiro atoms. The first-order chi connectivity index (χ1) is 11.2. The number of amides is 1. The summed E-state index contributed by atoms with van der Waals surface area (Å²) in [5, 5.41) is 10.6. The Labute approximate surface area is 136 Å². The molecule has 0 bridgehead atoms. The first-order valence-corrected chi connectivity index (χ1v) is 8.26. The number of benzene rings is 1. The summed E-state index contributed by atoms with van der Waals surface area (Å²) in [6, 6.07) is 7.74. The normalized spacial score (nSPS) is 14.3. The van der Waals surface area contributed by atoms with E-state index in [9.17, 15) is 4.79 Å². The van der Waals surface area contributed by atoms with Crippen LogP contribution in [0.1, 0.15) is 38.3 Å². The lowest BCUT2D eigenvalue weighted by Gasteiger charge is -2.24. The van der Waals surface area contributed by atoms with Crippen LogP contribution in [0.5, 0.6) is 5.75 Å². The minimum Gasteiger partial charge on any atom is -0.496 e. The first kappa shape index (κ1) is 15.6. The van der Waals surface area contributed by atoms with Crippen molar-refractivity contribution in [3.63, 3.8) is 0 Å². The van der Waals surface area contributed by atoms with E-state index in [1.807, 2.05) is 24.3 Å². The lowest BCUT2D eigenvalue weighted by Crippen LogP contribution is -2.28. The molecule has 1 fully saturated rings. The molecule has 1 heterocycles. The van der Waals surface area contributed by atoms with Gasteiger partial charge in [0.15, 0.2) is 0 Å². The SMILES string of the molecule is CCCc1[nH]nc(-c2ccccc2OC)c1NC(=O)C1CCC1. The third-order valence-electron chi connectivity index (χ3n) is 4.43. The number of rotatable bonds is 6. The van der Waals surface area contributed by atoms with Crippen LogP contribution in [0.3, 0.4) is 0 Å². The van der Waals surface area contributed by atoms with E-state index in [0.29, 0.717) is 0 Å². The number of H-pyrrole nitrogens is 1. The van der Waals surface area contributed by atoms with E-state index in [1.54, 1.807) is 7.11 Å². The van der Waals surface area contributed by atoms with Crippen LogP contribution in [0.2, 0.25) is 0 Å². The molecule has 1 aliphatic rings. The van der Waals surface area contributed by atoms with E-state index in [1.165, 1.54) is 0 Å². The zero-order valence-corrected chi connectivity index (χ0v) is 13.7. The molecule has 1 aliphatic carbocycles. The van der Waals surface area contributed by atoms with Gasteiger partial charge in [0.2, 0.25) is 5.91 Å². The van der Waals surface area contributed by atoms with Crippen molar-refractivity contribution in [3.8, 4) is 17.0 Å². The lowest BCUT2D eigenvalue weighted by molar-refractivity contribution is -0.122. The molecule has 5 heteroatoms. The molecule has 2 N–H and O–H groups in total. The van der Waals surface area contributed by atoms with Crippen molar-refractivity contribution < 1.29 is 9.53 Å². The fraction of sp³-hybridized carbons (Fsp3) is 0.444. The van der Waals surface area contributed by atoms with Gasteiger partial charge >= 0.3 is 0 Å². The Kier molecular flexibility index (Phi) is 4.65. The van der Waals surface area contributed by atoms with Gasteiger partial charge in [0, 0.05) is 11.5 Å². The minimum atomic E-state index is 0.103. The fourth-order valence-electron chi connectivity index (χ4n) is 2.87. The standard InChI is InChI=1S/C18H23N3O2/c1-3-7-14-17(19-18(22)12-8-6-9-12)16(21-20-14)13-10-4-5-11-15(13)23-2/h4-5,10-12H,3,6-9H2,1-2H3,(H,19,22)(H,20,21). The maximum absolute atomic E-state index is 12.4. The van der Waals surface area contributed by atoms with Gasteiger partial charge in [-0.2, -0.15) is 5.10 Å². The number of hydrogen-bond acceptors (Lipinski definition) is 3. The molecule has 0 atom stereocenters. The number of anilines is 1. The number of aromatic nitrogens is 2. The quantitative estimate of drug-likeness (QED) is 0.853. The van der Waals surface area contributed by atoms with Gasteiger partial charge in [-0.05, 0) is 31.4 Å². The summed E-state index contributed by atoms with van der Waals surface area (Å²) in [6.07, 6.45) is 4.94. The van der Waals surface area contributed by atoms with Crippen molar-refractivity contribution >= 4 is 11.6 Å². The Bertz CT molecular complexity index is 689. The predicted octanol–water partition coefficient (Wildman–Crippen LogP) is 3.78. The highest BCUT2D eigenvalue weighted by atomic mass is 16.5. The van der Waals surface area contributed by atoms with Crippen molar-refractivity contribution in [2.45, 2.75) is 39.0 Å². The van der Waals surface area contributed by atoms with E-state index < -0.39 is 0 Å². The van der Waals surface area contributed by atoms with Gasteiger partial charge in [-0.25, -0.2) is 0 Å². The van der Waals surface area contributed by atoms with Gasteiger partial charge in [0.25, 0.3) is 0 Å². The third kappa shape index (κ3) is 3.09. The number of carbonyl (C=O) groups is 1. The maximum atomic E-state index is 12.4. The average Bonchev–Trinajstić information content (AvgIpc) is 2.88. The highest BCUT2D eigenvalue weighted by Crippen LogP contribution is 2.36. The van der Waals surface area contributed by atoms with Crippen molar-refractivity contribution in [1.82, 2.24) is 10.2 Å². The second-order valence-corrected chi connectivity index (χ2v) is 5.99. The topological polar surface area (TPSA) is 67.0 Å². The predicted molar refractivity (Wildman–Crippen MR) is 90.5 cm³/mol. The molecular weight excluding hydrogens is 290 g/mol. The molecule has 0 aliphatic heterocycles. The van der Waals surface area contributed by atoms with E-state index >= 15 is 0 Å². The smallest absolute Gasteiger partial charge is 0.227 e. The molecule has 5 nitrogen and oxygen atoms in total. The number of para-hydroxylation sites is 1. The highest BCUT2D eigenvalue weighted by Gasteiger charge is 2.27. The molecule has 2 aromatic rings. The number of ether oxygens (including phenoxy) is 1. The summed E-state index contributed by atoms with van der Waals surface area (Å²) in [4.78, 5) is 12.4. The van der Waals surface area contributed by atoms with Crippen LogP contribution < -0.4 is 10.1 Å². The summed E-state index contributed by atoms with van der Waals surface area (Å²) >= 11 is 0.